The summed E-state index contributed by atoms with van der Waals surface area (Å²) in [6.07, 6.45) is 4.30. The summed E-state index contributed by atoms with van der Waals surface area (Å²) in [6.45, 7) is 0.114. The maximum absolute atomic E-state index is 13.0. The summed E-state index contributed by atoms with van der Waals surface area (Å²) in [7, 11) is 0. The average molecular weight is 524 g/mol. The van der Waals surface area contributed by atoms with Gasteiger partial charge in [-0.25, -0.2) is 10.2 Å². The van der Waals surface area contributed by atoms with Crippen LogP contribution in [0.2, 0.25) is 0 Å². The van der Waals surface area contributed by atoms with E-state index in [0.717, 1.165) is 0 Å². The van der Waals surface area contributed by atoms with Crippen molar-refractivity contribution in [3.8, 4) is 17.2 Å². The number of esters is 1. The van der Waals surface area contributed by atoms with Gasteiger partial charge in [-0.1, -0.05) is 24.3 Å². The van der Waals surface area contributed by atoms with Crippen molar-refractivity contribution in [2.75, 3.05) is 6.79 Å². The van der Waals surface area contributed by atoms with Gasteiger partial charge in [-0.3, -0.25) is 9.59 Å². The number of hydrogen-bond acceptors (Lipinski definition) is 8. The van der Waals surface area contributed by atoms with Crippen molar-refractivity contribution in [1.29, 1.82) is 0 Å². The van der Waals surface area contributed by atoms with Gasteiger partial charge in [0.25, 0.3) is 11.8 Å². The van der Waals surface area contributed by atoms with Gasteiger partial charge in [0.05, 0.1) is 12.5 Å². The minimum Gasteiger partial charge on any atom is -0.457 e. The SMILES string of the molecule is O=C(N/N=C\c1ccc(OC(=O)c2ccco2)cc1)/C(=C/c1ccc2c(c1)OCO2)NC(=O)c1ccccc1. The molecule has 3 aromatic carbocycles. The second kappa shape index (κ2) is 11.6. The number of nitrogens with zero attached hydrogens (tertiary/aromatic N) is 1. The van der Waals surface area contributed by atoms with E-state index in [0.29, 0.717) is 33.9 Å². The van der Waals surface area contributed by atoms with E-state index >= 15 is 0 Å². The van der Waals surface area contributed by atoms with Gasteiger partial charge in [0.2, 0.25) is 12.6 Å². The average Bonchev–Trinajstić information content (AvgIpc) is 3.66. The second-order valence-electron chi connectivity index (χ2n) is 8.13. The lowest BCUT2D eigenvalue weighted by molar-refractivity contribution is -0.117. The standard InChI is InChI=1S/C29H21N3O7/c33-27(21-5-2-1-3-6-21)31-23(15-20-10-13-24-26(16-20)38-18-37-24)28(34)32-30-17-19-8-11-22(12-9-19)39-29(35)25-7-4-14-36-25/h1-17H,18H2,(H,31,33)(H,32,34)/b23-15-,30-17-. The first-order valence-corrected chi connectivity index (χ1v) is 11.7. The third kappa shape index (κ3) is 6.38. The third-order valence-electron chi connectivity index (χ3n) is 5.43. The molecule has 1 aliphatic heterocycles. The number of fused-ring (bicyclic) bond motifs is 1. The summed E-state index contributed by atoms with van der Waals surface area (Å²) in [4.78, 5) is 37.7. The van der Waals surface area contributed by atoms with Crippen LogP contribution >= 0.6 is 0 Å². The van der Waals surface area contributed by atoms with Crippen molar-refractivity contribution < 1.29 is 33.0 Å². The summed E-state index contributed by atoms with van der Waals surface area (Å²) in [5, 5.41) is 6.63. The molecule has 4 aromatic rings. The van der Waals surface area contributed by atoms with Crippen molar-refractivity contribution in [2.24, 2.45) is 5.10 Å². The monoisotopic (exact) mass is 523 g/mol. The zero-order valence-corrected chi connectivity index (χ0v) is 20.3. The quantitative estimate of drug-likeness (QED) is 0.117. The van der Waals surface area contributed by atoms with Crippen molar-refractivity contribution in [1.82, 2.24) is 10.7 Å². The molecule has 0 aliphatic carbocycles. The van der Waals surface area contributed by atoms with E-state index in [1.165, 1.54) is 24.6 Å². The van der Waals surface area contributed by atoms with Crippen LogP contribution in [0.3, 0.4) is 0 Å². The number of nitrogens with one attached hydrogen (secondary N) is 2. The Morgan fingerprint density at radius 2 is 1.62 bits per heavy atom. The first-order valence-electron chi connectivity index (χ1n) is 11.7. The maximum Gasteiger partial charge on any atom is 0.379 e. The molecule has 2 amide bonds. The molecular formula is C29H21N3O7. The number of furan rings is 1. The molecule has 39 heavy (non-hydrogen) atoms. The predicted octanol–water partition coefficient (Wildman–Crippen LogP) is 4.15. The van der Waals surface area contributed by atoms with E-state index < -0.39 is 17.8 Å². The highest BCUT2D eigenvalue weighted by Crippen LogP contribution is 2.33. The summed E-state index contributed by atoms with van der Waals surface area (Å²) >= 11 is 0. The van der Waals surface area contributed by atoms with Crippen molar-refractivity contribution in [3.63, 3.8) is 0 Å². The summed E-state index contributed by atoms with van der Waals surface area (Å²) < 4.78 is 21.0. The normalized spacial score (nSPS) is 12.3. The van der Waals surface area contributed by atoms with E-state index in [4.69, 9.17) is 18.6 Å². The minimum atomic E-state index is -0.641. The molecule has 194 valence electrons. The summed E-state index contributed by atoms with van der Waals surface area (Å²) in [5.74, 6) is -0.180. The van der Waals surface area contributed by atoms with Crippen LogP contribution in [0, 0.1) is 0 Å². The second-order valence-corrected chi connectivity index (χ2v) is 8.13. The molecule has 0 saturated heterocycles. The number of hydrogen-bond donors (Lipinski definition) is 2. The van der Waals surface area contributed by atoms with Gasteiger partial charge >= 0.3 is 5.97 Å². The Morgan fingerprint density at radius 3 is 2.38 bits per heavy atom. The Bertz CT molecular complexity index is 1540. The lowest BCUT2D eigenvalue weighted by Crippen LogP contribution is -2.32. The largest absolute Gasteiger partial charge is 0.457 e. The number of amides is 2. The van der Waals surface area contributed by atoms with Crippen LogP contribution in [0.1, 0.15) is 32.0 Å². The molecule has 2 heterocycles. The molecular weight excluding hydrogens is 502 g/mol. The van der Waals surface area contributed by atoms with Gasteiger partial charge < -0.3 is 23.9 Å². The van der Waals surface area contributed by atoms with Crippen LogP contribution in [0.5, 0.6) is 17.2 Å². The summed E-state index contributed by atoms with van der Waals surface area (Å²) in [6, 6.07) is 23.2. The zero-order valence-electron chi connectivity index (χ0n) is 20.3. The number of carbonyl (C=O) groups is 3. The van der Waals surface area contributed by atoms with Crippen molar-refractivity contribution in [2.45, 2.75) is 0 Å². The smallest absolute Gasteiger partial charge is 0.379 e. The Balaban J connectivity index is 1.27. The molecule has 0 spiro atoms. The molecule has 0 saturated carbocycles. The van der Waals surface area contributed by atoms with Gasteiger partial charge in [0.1, 0.15) is 11.4 Å². The zero-order chi connectivity index (χ0) is 27.0. The fraction of sp³-hybridized carbons (Fsp3) is 0.0345. The van der Waals surface area contributed by atoms with Crippen LogP contribution < -0.4 is 25.0 Å². The lowest BCUT2D eigenvalue weighted by Gasteiger charge is -2.09. The number of benzene rings is 3. The summed E-state index contributed by atoms with van der Waals surface area (Å²) in [5.41, 5.74) is 4.02. The van der Waals surface area contributed by atoms with E-state index in [2.05, 4.69) is 15.8 Å². The highest BCUT2D eigenvalue weighted by atomic mass is 16.7. The fourth-order valence-corrected chi connectivity index (χ4v) is 3.51. The van der Waals surface area contributed by atoms with Crippen LogP contribution in [0.25, 0.3) is 6.08 Å². The van der Waals surface area contributed by atoms with Gasteiger partial charge in [-0.2, -0.15) is 5.10 Å². The van der Waals surface area contributed by atoms with E-state index in [9.17, 15) is 14.4 Å². The molecule has 0 radical (unpaired) electrons. The predicted molar refractivity (Wildman–Crippen MR) is 140 cm³/mol. The Kier molecular flexibility index (Phi) is 7.45. The number of ether oxygens (including phenoxy) is 3. The van der Waals surface area contributed by atoms with Crippen LogP contribution in [0.15, 0.2) is 106 Å². The molecule has 2 N–H and O–H groups in total. The van der Waals surface area contributed by atoms with Gasteiger partial charge in [-0.05, 0) is 77.9 Å². The Hall–Kier alpha value is -5.64. The number of carbonyl (C=O) groups excluding carboxylic acids is 3. The number of rotatable bonds is 8. The molecule has 0 unspecified atom stereocenters. The topological polar surface area (TPSA) is 128 Å². The van der Waals surface area contributed by atoms with Crippen molar-refractivity contribution >= 4 is 30.1 Å². The highest BCUT2D eigenvalue weighted by Gasteiger charge is 2.17. The van der Waals surface area contributed by atoms with E-state index in [-0.39, 0.29) is 18.3 Å². The molecule has 0 bridgehead atoms. The Labute approximate surface area is 222 Å². The minimum absolute atomic E-state index is 0.0277. The maximum atomic E-state index is 13.0. The number of hydrazone groups is 1. The van der Waals surface area contributed by atoms with E-state index in [1.807, 2.05) is 0 Å². The molecule has 10 nitrogen and oxygen atoms in total. The lowest BCUT2D eigenvalue weighted by atomic mass is 10.1. The van der Waals surface area contributed by atoms with Crippen LogP contribution in [0.4, 0.5) is 0 Å². The van der Waals surface area contributed by atoms with Crippen LogP contribution in [-0.2, 0) is 4.79 Å². The Morgan fingerprint density at radius 1 is 0.846 bits per heavy atom. The van der Waals surface area contributed by atoms with Gasteiger partial charge in [-0.15, -0.1) is 0 Å². The molecule has 0 atom stereocenters. The first kappa shape index (κ1) is 25.0. The molecule has 1 aromatic heterocycles. The molecule has 0 fully saturated rings. The third-order valence-corrected chi connectivity index (χ3v) is 5.43. The van der Waals surface area contributed by atoms with E-state index in [1.54, 1.807) is 78.9 Å². The highest BCUT2D eigenvalue weighted by molar-refractivity contribution is 6.05. The van der Waals surface area contributed by atoms with Gasteiger partial charge in [0.15, 0.2) is 11.5 Å². The first-order chi connectivity index (χ1) is 19.0. The molecule has 5 rings (SSSR count). The van der Waals surface area contributed by atoms with Gasteiger partial charge in [0, 0.05) is 5.56 Å². The van der Waals surface area contributed by atoms with Crippen molar-refractivity contribution in [3.05, 3.63) is 119 Å². The molecule has 10 heteroatoms. The molecule has 1 aliphatic rings. The van der Waals surface area contributed by atoms with Crippen LogP contribution in [-0.4, -0.2) is 30.8 Å². The fourth-order valence-electron chi connectivity index (χ4n) is 3.51.